The highest BCUT2D eigenvalue weighted by atomic mass is 32.1. The second-order valence-corrected chi connectivity index (χ2v) is 8.98. The average Bonchev–Trinajstić information content (AvgIpc) is 3.29. The molecule has 5 rings (SSSR count). The Morgan fingerprint density at radius 2 is 2.00 bits per heavy atom. The number of benzene rings is 1. The molecule has 3 heterocycles. The quantitative estimate of drug-likeness (QED) is 0.444. The van der Waals surface area contributed by atoms with E-state index in [2.05, 4.69) is 18.0 Å². The van der Waals surface area contributed by atoms with Gasteiger partial charge < -0.3 is 9.47 Å². The molecule has 1 aliphatic rings. The number of aryl methyl sites for hydroxylation is 1. The van der Waals surface area contributed by atoms with Gasteiger partial charge in [0, 0.05) is 11.3 Å². The maximum absolute atomic E-state index is 5.77. The Kier molecular flexibility index (Phi) is 5.06. The Hall–Kier alpha value is -2.67. The first-order valence-electron chi connectivity index (χ1n) is 10.7. The van der Waals surface area contributed by atoms with Crippen molar-refractivity contribution >= 4 is 27.2 Å². The molecule has 30 heavy (non-hydrogen) atoms. The fraction of sp³-hybridized carbons (Fsp3) is 0.435. The highest BCUT2D eigenvalue weighted by Gasteiger charge is 2.23. The van der Waals surface area contributed by atoms with E-state index in [1.165, 1.54) is 22.2 Å². The number of nitrogens with zero attached hydrogens (tertiary/aromatic N) is 4. The van der Waals surface area contributed by atoms with Crippen molar-refractivity contribution in [2.24, 2.45) is 5.92 Å². The lowest BCUT2D eigenvalue weighted by atomic mass is 9.89. The summed E-state index contributed by atoms with van der Waals surface area (Å²) in [7, 11) is 0. The molecule has 0 aliphatic heterocycles. The highest BCUT2D eigenvalue weighted by Crippen LogP contribution is 2.38. The van der Waals surface area contributed by atoms with Gasteiger partial charge in [-0.15, -0.1) is 16.4 Å². The molecule has 7 heteroatoms. The van der Waals surface area contributed by atoms with E-state index < -0.39 is 0 Å². The van der Waals surface area contributed by atoms with Crippen molar-refractivity contribution < 1.29 is 9.47 Å². The second-order valence-electron chi connectivity index (χ2n) is 7.90. The van der Waals surface area contributed by atoms with Crippen LogP contribution in [0.2, 0.25) is 0 Å². The number of hydrogen-bond acceptors (Lipinski definition) is 6. The standard InChI is InChI=1S/C23H26N4O2S/c1-4-28-17-9-7-15(11-18(17)29-5-2)12-20-25-22-21-16-8-6-14(3)10-19(16)30-23(21)24-13-27(22)26-20/h7,9,11,13-14H,4-6,8,10,12H2,1-3H3/t14-/m1/s1. The van der Waals surface area contributed by atoms with Gasteiger partial charge in [-0.25, -0.2) is 14.5 Å². The zero-order valence-corrected chi connectivity index (χ0v) is 18.5. The van der Waals surface area contributed by atoms with E-state index in [0.29, 0.717) is 19.6 Å². The normalized spacial score (nSPS) is 16.2. The number of ether oxygens (including phenoxy) is 2. The van der Waals surface area contributed by atoms with E-state index >= 15 is 0 Å². The molecule has 0 amide bonds. The highest BCUT2D eigenvalue weighted by molar-refractivity contribution is 7.19. The molecule has 0 fully saturated rings. The molecule has 0 unspecified atom stereocenters. The summed E-state index contributed by atoms with van der Waals surface area (Å²) in [5.74, 6) is 3.08. The van der Waals surface area contributed by atoms with Gasteiger partial charge in [0.15, 0.2) is 23.0 Å². The van der Waals surface area contributed by atoms with Crippen LogP contribution in [0.25, 0.3) is 15.9 Å². The van der Waals surface area contributed by atoms with Gasteiger partial charge in [-0.2, -0.15) is 0 Å². The minimum atomic E-state index is 0.599. The molecule has 4 aromatic rings. The van der Waals surface area contributed by atoms with Crippen LogP contribution in [0, 0.1) is 5.92 Å². The van der Waals surface area contributed by atoms with Gasteiger partial charge in [-0.05, 0) is 62.3 Å². The smallest absolute Gasteiger partial charge is 0.167 e. The maximum Gasteiger partial charge on any atom is 0.167 e. The van der Waals surface area contributed by atoms with Crippen LogP contribution >= 0.6 is 11.3 Å². The van der Waals surface area contributed by atoms with Gasteiger partial charge in [0.05, 0.1) is 18.6 Å². The first-order valence-corrected chi connectivity index (χ1v) is 11.5. The van der Waals surface area contributed by atoms with Crippen molar-refractivity contribution in [1.82, 2.24) is 19.6 Å². The number of hydrogen-bond donors (Lipinski definition) is 0. The average molecular weight is 423 g/mol. The molecule has 0 N–H and O–H groups in total. The minimum absolute atomic E-state index is 0.599. The van der Waals surface area contributed by atoms with Crippen molar-refractivity contribution in [1.29, 1.82) is 0 Å². The van der Waals surface area contributed by atoms with Crippen molar-refractivity contribution in [3.63, 3.8) is 0 Å². The fourth-order valence-electron chi connectivity index (χ4n) is 4.25. The lowest BCUT2D eigenvalue weighted by Gasteiger charge is -2.17. The van der Waals surface area contributed by atoms with Crippen LogP contribution < -0.4 is 9.47 Å². The summed E-state index contributed by atoms with van der Waals surface area (Å²) in [4.78, 5) is 12.1. The summed E-state index contributed by atoms with van der Waals surface area (Å²) in [6.45, 7) is 7.50. The zero-order valence-electron chi connectivity index (χ0n) is 17.6. The van der Waals surface area contributed by atoms with Gasteiger partial charge in [0.1, 0.15) is 11.2 Å². The molecule has 1 aromatic carbocycles. The lowest BCUT2D eigenvalue weighted by molar-refractivity contribution is 0.287. The fourth-order valence-corrected chi connectivity index (χ4v) is 5.59. The van der Waals surface area contributed by atoms with Gasteiger partial charge in [0.25, 0.3) is 0 Å². The SMILES string of the molecule is CCOc1ccc(Cc2nc3c4c5c(sc4ncn3n2)C[C@H](C)CC5)cc1OCC. The summed E-state index contributed by atoms with van der Waals surface area (Å²) in [5.41, 5.74) is 3.46. The summed E-state index contributed by atoms with van der Waals surface area (Å²) in [6.07, 6.45) is 5.92. The molecule has 3 aromatic heterocycles. The first kappa shape index (κ1) is 19.3. The third-order valence-corrected chi connectivity index (χ3v) is 6.81. The number of fused-ring (bicyclic) bond motifs is 5. The van der Waals surface area contributed by atoms with Gasteiger partial charge in [0.2, 0.25) is 0 Å². The summed E-state index contributed by atoms with van der Waals surface area (Å²) >= 11 is 1.82. The van der Waals surface area contributed by atoms with Gasteiger partial charge >= 0.3 is 0 Å². The van der Waals surface area contributed by atoms with E-state index in [1.807, 2.05) is 41.8 Å². The molecule has 0 spiro atoms. The maximum atomic E-state index is 5.77. The van der Waals surface area contributed by atoms with E-state index in [-0.39, 0.29) is 0 Å². The Morgan fingerprint density at radius 3 is 2.83 bits per heavy atom. The first-order chi connectivity index (χ1) is 14.7. The number of thiophene rings is 1. The van der Waals surface area contributed by atoms with Crippen LogP contribution in [0.4, 0.5) is 0 Å². The third-order valence-electron chi connectivity index (χ3n) is 5.65. The zero-order chi connectivity index (χ0) is 20.7. The molecule has 0 bridgehead atoms. The molecule has 0 saturated carbocycles. The molecule has 0 saturated heterocycles. The van der Waals surface area contributed by atoms with Gasteiger partial charge in [-0.1, -0.05) is 13.0 Å². The molecule has 1 atom stereocenters. The molecular formula is C23H26N4O2S. The number of aromatic nitrogens is 4. The van der Waals surface area contributed by atoms with Crippen LogP contribution in [0.3, 0.4) is 0 Å². The summed E-state index contributed by atoms with van der Waals surface area (Å²) in [6, 6.07) is 6.05. The molecule has 156 valence electrons. The van der Waals surface area contributed by atoms with Crippen LogP contribution in [0.15, 0.2) is 24.5 Å². The van der Waals surface area contributed by atoms with E-state index in [1.54, 1.807) is 6.33 Å². The second kappa shape index (κ2) is 7.87. The predicted molar refractivity (Wildman–Crippen MR) is 119 cm³/mol. The Bertz CT molecular complexity index is 1210. The van der Waals surface area contributed by atoms with Crippen LogP contribution in [-0.4, -0.2) is 32.8 Å². The van der Waals surface area contributed by atoms with Crippen molar-refractivity contribution in [3.8, 4) is 11.5 Å². The topological polar surface area (TPSA) is 61.5 Å². The Labute approximate surface area is 179 Å². The third kappa shape index (κ3) is 3.41. The lowest BCUT2D eigenvalue weighted by Crippen LogP contribution is -2.08. The number of rotatable bonds is 6. The molecular weight excluding hydrogens is 396 g/mol. The van der Waals surface area contributed by atoms with Crippen molar-refractivity contribution in [2.45, 2.75) is 46.5 Å². The molecule has 6 nitrogen and oxygen atoms in total. The Morgan fingerprint density at radius 1 is 1.17 bits per heavy atom. The van der Waals surface area contributed by atoms with Gasteiger partial charge in [-0.3, -0.25) is 0 Å². The van der Waals surface area contributed by atoms with Crippen molar-refractivity contribution in [3.05, 3.63) is 46.4 Å². The summed E-state index contributed by atoms with van der Waals surface area (Å²) in [5, 5.41) is 5.91. The predicted octanol–water partition coefficient (Wildman–Crippen LogP) is 4.85. The van der Waals surface area contributed by atoms with Crippen LogP contribution in [-0.2, 0) is 19.3 Å². The van der Waals surface area contributed by atoms with Crippen LogP contribution in [0.1, 0.15) is 49.0 Å². The summed E-state index contributed by atoms with van der Waals surface area (Å²) < 4.78 is 13.3. The van der Waals surface area contributed by atoms with Crippen molar-refractivity contribution in [2.75, 3.05) is 13.2 Å². The molecule has 0 radical (unpaired) electrons. The largest absolute Gasteiger partial charge is 0.490 e. The van der Waals surface area contributed by atoms with E-state index in [4.69, 9.17) is 19.6 Å². The Balaban J connectivity index is 1.51. The monoisotopic (exact) mass is 422 g/mol. The van der Waals surface area contributed by atoms with E-state index in [9.17, 15) is 0 Å². The van der Waals surface area contributed by atoms with E-state index in [0.717, 1.165) is 52.1 Å². The molecule has 1 aliphatic carbocycles. The minimum Gasteiger partial charge on any atom is -0.490 e. The van der Waals surface area contributed by atoms with Crippen LogP contribution in [0.5, 0.6) is 11.5 Å².